The zero-order valence-electron chi connectivity index (χ0n) is 8.83. The fraction of sp³-hybridized carbons (Fsp3) is 0.250. The molecule has 3 nitrogen and oxygen atoms in total. The van der Waals surface area contributed by atoms with Crippen molar-refractivity contribution in [1.82, 2.24) is 0 Å². The molecule has 1 aromatic carbocycles. The number of anilines is 1. The highest BCUT2D eigenvalue weighted by atomic mass is 35.5. The summed E-state index contributed by atoms with van der Waals surface area (Å²) < 4.78 is 0. The second kappa shape index (κ2) is 5.43. The van der Waals surface area contributed by atoms with E-state index in [0.29, 0.717) is 17.1 Å². The maximum atomic E-state index is 11.0. The largest absolute Gasteiger partial charge is 0.478 e. The van der Waals surface area contributed by atoms with Crippen LogP contribution in [0.4, 0.5) is 5.69 Å². The first-order chi connectivity index (χ1) is 7.58. The number of rotatable bonds is 4. The van der Waals surface area contributed by atoms with Crippen molar-refractivity contribution in [1.29, 1.82) is 0 Å². The molecule has 0 bridgehead atoms. The monoisotopic (exact) mass is 237 g/mol. The minimum atomic E-state index is -1.01. The molecule has 0 aliphatic heterocycles. The van der Waals surface area contributed by atoms with Crippen LogP contribution in [0.1, 0.15) is 23.7 Å². The Morgan fingerprint density at radius 3 is 2.88 bits per heavy atom. The van der Waals surface area contributed by atoms with Crippen LogP contribution >= 0.6 is 11.6 Å². The zero-order chi connectivity index (χ0) is 12.1. The smallest absolute Gasteiger partial charge is 0.337 e. The number of aromatic carboxylic acids is 1. The van der Waals surface area contributed by atoms with E-state index in [9.17, 15) is 4.79 Å². The molecule has 1 rings (SSSR count). The molecule has 0 aromatic heterocycles. The number of carbonyl (C=O) groups is 1. The molecule has 0 aliphatic rings. The SMILES string of the molecule is C#CC(CC)Nc1cc(Cl)ccc1C(=O)O. The van der Waals surface area contributed by atoms with E-state index < -0.39 is 5.97 Å². The Morgan fingerprint density at radius 1 is 1.69 bits per heavy atom. The van der Waals surface area contributed by atoms with Gasteiger partial charge in [0.1, 0.15) is 0 Å². The van der Waals surface area contributed by atoms with Gasteiger partial charge < -0.3 is 10.4 Å². The number of terminal acetylenes is 1. The Hall–Kier alpha value is -1.66. The molecule has 0 radical (unpaired) electrons. The normalized spacial score (nSPS) is 11.6. The van der Waals surface area contributed by atoms with Crippen LogP contribution in [0.5, 0.6) is 0 Å². The molecule has 0 amide bonds. The summed E-state index contributed by atoms with van der Waals surface area (Å²) in [5.74, 6) is 1.53. The van der Waals surface area contributed by atoms with E-state index in [1.165, 1.54) is 12.1 Å². The van der Waals surface area contributed by atoms with Crippen molar-refractivity contribution in [3.05, 3.63) is 28.8 Å². The van der Waals surface area contributed by atoms with Crippen LogP contribution < -0.4 is 5.32 Å². The minimum Gasteiger partial charge on any atom is -0.478 e. The Bertz CT molecular complexity index is 437. The number of hydrogen-bond donors (Lipinski definition) is 2. The van der Waals surface area contributed by atoms with E-state index >= 15 is 0 Å². The highest BCUT2D eigenvalue weighted by Crippen LogP contribution is 2.22. The van der Waals surface area contributed by atoms with Gasteiger partial charge in [0.05, 0.1) is 17.3 Å². The van der Waals surface area contributed by atoms with E-state index in [2.05, 4.69) is 11.2 Å². The van der Waals surface area contributed by atoms with Crippen LogP contribution in [0.3, 0.4) is 0 Å². The third-order valence-corrected chi connectivity index (χ3v) is 2.39. The third kappa shape index (κ3) is 2.91. The van der Waals surface area contributed by atoms with Crippen molar-refractivity contribution in [3.8, 4) is 12.3 Å². The fourth-order valence-corrected chi connectivity index (χ4v) is 1.44. The lowest BCUT2D eigenvalue weighted by atomic mass is 10.1. The molecule has 0 heterocycles. The summed E-state index contributed by atoms with van der Waals surface area (Å²) in [4.78, 5) is 11.0. The first-order valence-electron chi connectivity index (χ1n) is 4.84. The number of nitrogens with one attached hydrogen (secondary N) is 1. The van der Waals surface area contributed by atoms with Crippen LogP contribution in [-0.2, 0) is 0 Å². The van der Waals surface area contributed by atoms with Crippen molar-refractivity contribution in [2.24, 2.45) is 0 Å². The molecule has 1 aromatic rings. The Morgan fingerprint density at radius 2 is 2.38 bits per heavy atom. The predicted octanol–water partition coefficient (Wildman–Crippen LogP) is 2.86. The maximum Gasteiger partial charge on any atom is 0.337 e. The number of carboxylic acid groups (broad SMARTS) is 1. The van der Waals surface area contributed by atoms with Gasteiger partial charge in [0.25, 0.3) is 0 Å². The first kappa shape index (κ1) is 12.4. The molecule has 84 valence electrons. The van der Waals surface area contributed by atoms with Crippen molar-refractivity contribution >= 4 is 23.3 Å². The summed E-state index contributed by atoms with van der Waals surface area (Å²) in [5, 5.41) is 12.4. The van der Waals surface area contributed by atoms with Crippen LogP contribution in [0.25, 0.3) is 0 Å². The maximum absolute atomic E-state index is 11.0. The summed E-state index contributed by atoms with van der Waals surface area (Å²) in [5.41, 5.74) is 0.614. The van der Waals surface area contributed by atoms with Gasteiger partial charge in [0, 0.05) is 5.02 Å². The second-order valence-corrected chi connectivity index (χ2v) is 3.70. The zero-order valence-corrected chi connectivity index (χ0v) is 9.58. The average Bonchev–Trinajstić information content (AvgIpc) is 2.25. The van der Waals surface area contributed by atoms with Crippen molar-refractivity contribution in [2.45, 2.75) is 19.4 Å². The van der Waals surface area contributed by atoms with Crippen LogP contribution in [0, 0.1) is 12.3 Å². The lowest BCUT2D eigenvalue weighted by Gasteiger charge is -2.14. The Balaban J connectivity index is 3.06. The van der Waals surface area contributed by atoms with Crippen LogP contribution in [0.15, 0.2) is 18.2 Å². The second-order valence-electron chi connectivity index (χ2n) is 3.27. The topological polar surface area (TPSA) is 49.3 Å². The molecule has 0 saturated carbocycles. The Labute approximate surface area is 99.4 Å². The molecule has 1 atom stereocenters. The van der Waals surface area contributed by atoms with Crippen molar-refractivity contribution in [3.63, 3.8) is 0 Å². The lowest BCUT2D eigenvalue weighted by molar-refractivity contribution is 0.0698. The molecule has 4 heteroatoms. The summed E-state index contributed by atoms with van der Waals surface area (Å²) in [6.07, 6.45) is 6.01. The molecule has 0 spiro atoms. The number of hydrogen-bond acceptors (Lipinski definition) is 2. The standard InChI is InChI=1S/C12H12ClNO2/c1-3-9(4-2)14-11-7-8(13)5-6-10(11)12(15)16/h1,5-7,9,14H,4H2,2H3,(H,15,16). The lowest BCUT2D eigenvalue weighted by Crippen LogP contribution is -2.17. The van der Waals surface area contributed by atoms with Gasteiger partial charge in [-0.2, -0.15) is 0 Å². The van der Waals surface area contributed by atoms with Gasteiger partial charge in [-0.1, -0.05) is 24.4 Å². The predicted molar refractivity (Wildman–Crippen MR) is 64.9 cm³/mol. The van der Waals surface area contributed by atoms with Crippen molar-refractivity contribution < 1.29 is 9.90 Å². The van der Waals surface area contributed by atoms with E-state index in [4.69, 9.17) is 23.1 Å². The molecular weight excluding hydrogens is 226 g/mol. The van der Waals surface area contributed by atoms with Crippen LogP contribution in [0.2, 0.25) is 5.02 Å². The van der Waals surface area contributed by atoms with Gasteiger partial charge in [-0.25, -0.2) is 4.79 Å². The minimum absolute atomic E-state index is 0.165. The summed E-state index contributed by atoms with van der Waals surface area (Å²) in [7, 11) is 0. The van der Waals surface area contributed by atoms with E-state index in [-0.39, 0.29) is 11.6 Å². The summed E-state index contributed by atoms with van der Waals surface area (Å²) in [6.45, 7) is 1.92. The van der Waals surface area contributed by atoms with Gasteiger partial charge in [0.15, 0.2) is 0 Å². The van der Waals surface area contributed by atoms with Gasteiger partial charge in [-0.05, 0) is 24.6 Å². The molecule has 0 saturated heterocycles. The summed E-state index contributed by atoms with van der Waals surface area (Å²) in [6, 6.07) is 4.35. The van der Waals surface area contributed by atoms with E-state index in [0.717, 1.165) is 0 Å². The molecular formula is C12H12ClNO2. The average molecular weight is 238 g/mol. The van der Waals surface area contributed by atoms with E-state index in [1.807, 2.05) is 6.92 Å². The van der Waals surface area contributed by atoms with Gasteiger partial charge in [0.2, 0.25) is 0 Å². The van der Waals surface area contributed by atoms with Gasteiger partial charge in [-0.3, -0.25) is 0 Å². The number of benzene rings is 1. The molecule has 16 heavy (non-hydrogen) atoms. The highest BCUT2D eigenvalue weighted by Gasteiger charge is 2.12. The van der Waals surface area contributed by atoms with E-state index in [1.54, 1.807) is 6.07 Å². The Kier molecular flexibility index (Phi) is 4.21. The first-order valence-corrected chi connectivity index (χ1v) is 5.21. The highest BCUT2D eigenvalue weighted by molar-refractivity contribution is 6.31. The van der Waals surface area contributed by atoms with Gasteiger partial charge in [-0.15, -0.1) is 6.42 Å². The molecule has 1 unspecified atom stereocenters. The summed E-state index contributed by atoms with van der Waals surface area (Å²) >= 11 is 5.81. The molecule has 0 fully saturated rings. The molecule has 0 aliphatic carbocycles. The number of halogens is 1. The molecule has 2 N–H and O–H groups in total. The fourth-order valence-electron chi connectivity index (χ4n) is 1.27. The van der Waals surface area contributed by atoms with Gasteiger partial charge >= 0.3 is 5.97 Å². The number of carboxylic acids is 1. The van der Waals surface area contributed by atoms with Crippen molar-refractivity contribution in [2.75, 3.05) is 5.32 Å². The quantitative estimate of drug-likeness (QED) is 0.792. The van der Waals surface area contributed by atoms with Crippen LogP contribution in [-0.4, -0.2) is 17.1 Å². The third-order valence-electron chi connectivity index (χ3n) is 2.15.